The zero-order chi connectivity index (χ0) is 22.2. The number of anilines is 1. The summed E-state index contributed by atoms with van der Waals surface area (Å²) in [5.74, 6) is 1.45. The molecule has 0 fully saturated rings. The number of hydrogen-bond donors (Lipinski definition) is 1. The number of methoxy groups -OCH3 is 1. The molecule has 0 aliphatic heterocycles. The van der Waals surface area contributed by atoms with Crippen molar-refractivity contribution in [2.45, 2.75) is 46.5 Å². The van der Waals surface area contributed by atoms with Crippen molar-refractivity contribution in [2.24, 2.45) is 0 Å². The summed E-state index contributed by atoms with van der Waals surface area (Å²) in [7, 11) is 1.66. The van der Waals surface area contributed by atoms with Crippen molar-refractivity contribution in [3.8, 4) is 22.8 Å². The van der Waals surface area contributed by atoms with Gasteiger partial charge in [-0.2, -0.15) is 0 Å². The molecule has 31 heavy (non-hydrogen) atoms. The molecule has 0 aliphatic rings. The number of ether oxygens (including phenoxy) is 2. The van der Waals surface area contributed by atoms with Crippen LogP contribution in [0.15, 0.2) is 42.5 Å². The van der Waals surface area contributed by atoms with Crippen molar-refractivity contribution < 1.29 is 14.3 Å². The fraction of sp³-hybridized carbons (Fsp3) is 0.360. The standard InChI is InChI=1S/C25H30N2O3S/c1-5-6-7-8-15-30-21-12-9-19(10-13-21)24(28)27-25-26-23(18(3)31-25)20-11-14-22(29-4)17(2)16-20/h9-14,16H,5-8,15H2,1-4H3,(H,26,27,28). The van der Waals surface area contributed by atoms with Gasteiger partial charge in [-0.1, -0.05) is 26.2 Å². The van der Waals surface area contributed by atoms with E-state index in [4.69, 9.17) is 9.47 Å². The summed E-state index contributed by atoms with van der Waals surface area (Å²) in [5.41, 5.74) is 3.50. The van der Waals surface area contributed by atoms with Crippen LogP contribution >= 0.6 is 11.3 Å². The van der Waals surface area contributed by atoms with Crippen molar-refractivity contribution in [1.29, 1.82) is 0 Å². The van der Waals surface area contributed by atoms with Gasteiger partial charge in [-0.25, -0.2) is 4.98 Å². The Balaban J connectivity index is 1.62. The Hall–Kier alpha value is -2.86. The molecular weight excluding hydrogens is 408 g/mol. The molecule has 0 bridgehead atoms. The second-order valence-electron chi connectivity index (χ2n) is 7.50. The van der Waals surface area contributed by atoms with Crippen LogP contribution < -0.4 is 14.8 Å². The summed E-state index contributed by atoms with van der Waals surface area (Å²) < 4.78 is 11.1. The first-order valence-electron chi connectivity index (χ1n) is 10.7. The SMILES string of the molecule is CCCCCCOc1ccc(C(=O)Nc2nc(-c3ccc(OC)c(C)c3)c(C)s2)cc1. The van der Waals surface area contributed by atoms with E-state index in [1.807, 2.05) is 44.2 Å². The molecule has 5 nitrogen and oxygen atoms in total. The number of amides is 1. The van der Waals surface area contributed by atoms with Crippen LogP contribution in [-0.4, -0.2) is 24.6 Å². The molecule has 1 aromatic heterocycles. The van der Waals surface area contributed by atoms with Crippen LogP contribution in [0.1, 0.15) is 53.4 Å². The van der Waals surface area contributed by atoms with Crippen LogP contribution in [0, 0.1) is 13.8 Å². The van der Waals surface area contributed by atoms with E-state index in [1.54, 1.807) is 19.2 Å². The summed E-state index contributed by atoms with van der Waals surface area (Å²) in [4.78, 5) is 18.3. The monoisotopic (exact) mass is 438 g/mol. The van der Waals surface area contributed by atoms with Gasteiger partial charge in [-0.15, -0.1) is 11.3 Å². The van der Waals surface area contributed by atoms with Crippen LogP contribution in [0.25, 0.3) is 11.3 Å². The van der Waals surface area contributed by atoms with Crippen LogP contribution in [-0.2, 0) is 0 Å². The van der Waals surface area contributed by atoms with E-state index in [9.17, 15) is 4.79 Å². The highest BCUT2D eigenvalue weighted by Gasteiger charge is 2.14. The van der Waals surface area contributed by atoms with Gasteiger partial charge in [0, 0.05) is 16.0 Å². The number of aromatic nitrogens is 1. The van der Waals surface area contributed by atoms with Crippen molar-refractivity contribution >= 4 is 22.4 Å². The molecule has 6 heteroatoms. The third-order valence-corrected chi connectivity index (χ3v) is 5.95. The van der Waals surface area contributed by atoms with E-state index in [0.29, 0.717) is 17.3 Å². The number of nitrogens with zero attached hydrogens (tertiary/aromatic N) is 1. The number of hydrogen-bond acceptors (Lipinski definition) is 5. The van der Waals surface area contributed by atoms with Gasteiger partial charge in [0.05, 0.1) is 19.4 Å². The second-order valence-corrected chi connectivity index (χ2v) is 8.70. The van der Waals surface area contributed by atoms with Crippen LogP contribution in [0.3, 0.4) is 0 Å². The van der Waals surface area contributed by atoms with Gasteiger partial charge in [0.15, 0.2) is 5.13 Å². The maximum Gasteiger partial charge on any atom is 0.257 e. The average molecular weight is 439 g/mol. The maximum absolute atomic E-state index is 12.7. The summed E-state index contributed by atoms with van der Waals surface area (Å²) in [5, 5.41) is 3.50. The molecule has 1 heterocycles. The third kappa shape index (κ3) is 6.07. The number of rotatable bonds is 10. The largest absolute Gasteiger partial charge is 0.496 e. The van der Waals surface area contributed by atoms with Crippen LogP contribution in [0.2, 0.25) is 0 Å². The Kier molecular flexibility index (Phi) is 8.06. The lowest BCUT2D eigenvalue weighted by Gasteiger charge is -2.07. The van der Waals surface area contributed by atoms with Gasteiger partial charge in [0.25, 0.3) is 5.91 Å². The Bertz CT molecular complexity index is 1010. The molecule has 1 amide bonds. The molecule has 1 N–H and O–H groups in total. The normalized spacial score (nSPS) is 10.7. The number of nitrogens with one attached hydrogen (secondary N) is 1. The third-order valence-electron chi connectivity index (χ3n) is 5.07. The van der Waals surface area contributed by atoms with Crippen molar-refractivity contribution in [3.63, 3.8) is 0 Å². The predicted molar refractivity (Wildman–Crippen MR) is 128 cm³/mol. The first kappa shape index (κ1) is 22.8. The molecule has 0 unspecified atom stereocenters. The highest BCUT2D eigenvalue weighted by molar-refractivity contribution is 7.16. The van der Waals surface area contributed by atoms with E-state index in [2.05, 4.69) is 17.2 Å². The number of aryl methyl sites for hydroxylation is 2. The maximum atomic E-state index is 12.7. The Morgan fingerprint density at radius 1 is 1.06 bits per heavy atom. The van der Waals surface area contributed by atoms with Gasteiger partial charge in [-0.05, 0) is 68.3 Å². The summed E-state index contributed by atoms with van der Waals surface area (Å²) in [6.45, 7) is 6.91. The first-order chi connectivity index (χ1) is 15.0. The lowest BCUT2D eigenvalue weighted by molar-refractivity contribution is 0.102. The summed E-state index contributed by atoms with van der Waals surface area (Å²) in [6.07, 6.45) is 4.68. The smallest absolute Gasteiger partial charge is 0.257 e. The Labute approximate surface area is 188 Å². The molecule has 0 radical (unpaired) electrons. The number of unbranched alkanes of at least 4 members (excludes halogenated alkanes) is 3. The molecule has 164 valence electrons. The number of benzene rings is 2. The lowest BCUT2D eigenvalue weighted by atomic mass is 10.1. The van der Waals surface area contributed by atoms with E-state index in [0.717, 1.165) is 39.6 Å². The fourth-order valence-corrected chi connectivity index (χ4v) is 4.16. The van der Waals surface area contributed by atoms with Crippen molar-refractivity contribution in [1.82, 2.24) is 4.98 Å². The minimum absolute atomic E-state index is 0.180. The van der Waals surface area contributed by atoms with E-state index >= 15 is 0 Å². The molecule has 2 aromatic carbocycles. The Morgan fingerprint density at radius 2 is 1.84 bits per heavy atom. The Morgan fingerprint density at radius 3 is 2.52 bits per heavy atom. The number of thiazole rings is 1. The molecule has 0 aliphatic carbocycles. The van der Waals surface area contributed by atoms with Gasteiger partial charge in [-0.3, -0.25) is 10.1 Å². The zero-order valence-corrected chi connectivity index (χ0v) is 19.5. The van der Waals surface area contributed by atoms with Crippen LogP contribution in [0.4, 0.5) is 5.13 Å². The molecular formula is C25H30N2O3S. The van der Waals surface area contributed by atoms with Gasteiger partial charge >= 0.3 is 0 Å². The number of carbonyl (C=O) groups excluding carboxylic acids is 1. The van der Waals surface area contributed by atoms with E-state index in [1.165, 1.54) is 30.6 Å². The van der Waals surface area contributed by atoms with Crippen molar-refractivity contribution in [2.75, 3.05) is 19.0 Å². The van der Waals surface area contributed by atoms with Crippen molar-refractivity contribution in [3.05, 3.63) is 58.5 Å². The minimum atomic E-state index is -0.180. The lowest BCUT2D eigenvalue weighted by Crippen LogP contribution is -2.11. The first-order valence-corrected chi connectivity index (χ1v) is 11.5. The highest BCUT2D eigenvalue weighted by Crippen LogP contribution is 2.33. The van der Waals surface area contributed by atoms with Crippen LogP contribution in [0.5, 0.6) is 11.5 Å². The molecule has 3 aromatic rings. The molecule has 0 atom stereocenters. The number of carbonyl (C=O) groups is 1. The zero-order valence-electron chi connectivity index (χ0n) is 18.7. The van der Waals surface area contributed by atoms with Gasteiger partial charge in [0.1, 0.15) is 11.5 Å². The van der Waals surface area contributed by atoms with E-state index in [-0.39, 0.29) is 5.91 Å². The average Bonchev–Trinajstić information content (AvgIpc) is 3.13. The molecule has 0 spiro atoms. The molecule has 3 rings (SSSR count). The molecule has 0 saturated heterocycles. The summed E-state index contributed by atoms with van der Waals surface area (Å²) >= 11 is 1.47. The van der Waals surface area contributed by atoms with Gasteiger partial charge in [0.2, 0.25) is 0 Å². The fourth-order valence-electron chi connectivity index (χ4n) is 3.33. The molecule has 0 saturated carbocycles. The topological polar surface area (TPSA) is 60.5 Å². The van der Waals surface area contributed by atoms with E-state index < -0.39 is 0 Å². The second kappa shape index (κ2) is 11.0. The predicted octanol–water partition coefficient (Wildman–Crippen LogP) is 6.65. The minimum Gasteiger partial charge on any atom is -0.496 e. The highest BCUT2D eigenvalue weighted by atomic mass is 32.1. The quantitative estimate of drug-likeness (QED) is 0.360. The summed E-state index contributed by atoms with van der Waals surface area (Å²) in [6, 6.07) is 13.2. The van der Waals surface area contributed by atoms with Gasteiger partial charge < -0.3 is 9.47 Å².